The third kappa shape index (κ3) is 7.89. The van der Waals surface area contributed by atoms with Crippen LogP contribution in [0.1, 0.15) is 101 Å². The van der Waals surface area contributed by atoms with Crippen LogP contribution in [0.15, 0.2) is 72.5 Å². The van der Waals surface area contributed by atoms with Crippen molar-refractivity contribution in [1.82, 2.24) is 5.32 Å². The molecule has 0 bridgehead atoms. The number of aryl methyl sites for hydroxylation is 2. The van der Waals surface area contributed by atoms with Gasteiger partial charge in [0.05, 0.1) is 5.41 Å². The second-order valence-electron chi connectivity index (χ2n) is 14.0. The average Bonchev–Trinajstić information content (AvgIpc) is 3.34. The highest BCUT2D eigenvalue weighted by Gasteiger charge is 2.44. The van der Waals surface area contributed by atoms with E-state index in [1.54, 1.807) is 7.05 Å². The zero-order valence-corrected chi connectivity index (χ0v) is 29.1. The van der Waals surface area contributed by atoms with Crippen LogP contribution < -0.4 is 10.2 Å². The van der Waals surface area contributed by atoms with Gasteiger partial charge in [-0.2, -0.15) is 4.58 Å². The number of aliphatic carboxylic acids is 1. The Balaban J connectivity index is 1.55. The van der Waals surface area contributed by atoms with Crippen molar-refractivity contribution in [3.63, 3.8) is 0 Å². The molecule has 0 atom stereocenters. The van der Waals surface area contributed by atoms with Crippen LogP contribution in [0.4, 0.5) is 11.4 Å². The van der Waals surface area contributed by atoms with Crippen molar-refractivity contribution in [1.29, 1.82) is 0 Å². The van der Waals surface area contributed by atoms with E-state index in [4.69, 9.17) is 5.11 Å². The maximum Gasteiger partial charge on any atom is 0.303 e. The third-order valence-electron chi connectivity index (χ3n) is 9.66. The van der Waals surface area contributed by atoms with E-state index < -0.39 is 5.97 Å². The zero-order valence-electron chi connectivity index (χ0n) is 29.1. The molecule has 0 saturated carbocycles. The van der Waals surface area contributed by atoms with Gasteiger partial charge in [-0.25, -0.2) is 0 Å². The first-order chi connectivity index (χ1) is 21.9. The highest BCUT2D eigenvalue weighted by atomic mass is 16.4. The summed E-state index contributed by atoms with van der Waals surface area (Å²) in [6.07, 6.45) is 17.3. The molecule has 0 aliphatic carbocycles. The van der Waals surface area contributed by atoms with Gasteiger partial charge >= 0.3 is 5.97 Å². The molecule has 0 spiro atoms. The quantitative estimate of drug-likeness (QED) is 0.119. The molecular formula is C40H54N3O3+. The lowest BCUT2D eigenvalue weighted by Crippen LogP contribution is -2.28. The number of carbonyl (C=O) groups excluding carboxylic acids is 1. The lowest BCUT2D eigenvalue weighted by Gasteiger charge is -2.27. The summed E-state index contributed by atoms with van der Waals surface area (Å²) in [5, 5.41) is 11.8. The number of rotatable bonds is 15. The van der Waals surface area contributed by atoms with Gasteiger partial charge in [0, 0.05) is 67.4 Å². The maximum absolute atomic E-state index is 11.7. The van der Waals surface area contributed by atoms with Gasteiger partial charge in [-0.1, -0.05) is 67.8 Å². The van der Waals surface area contributed by atoms with Crippen LogP contribution in [0.25, 0.3) is 0 Å². The van der Waals surface area contributed by atoms with Gasteiger partial charge in [-0.3, -0.25) is 9.59 Å². The summed E-state index contributed by atoms with van der Waals surface area (Å²) < 4.78 is 2.47. The molecule has 2 aromatic rings. The minimum Gasteiger partial charge on any atom is -0.481 e. The van der Waals surface area contributed by atoms with Crippen molar-refractivity contribution in [3.8, 4) is 0 Å². The van der Waals surface area contributed by atoms with E-state index in [2.05, 4.69) is 123 Å². The molecule has 0 radical (unpaired) electrons. The van der Waals surface area contributed by atoms with Crippen LogP contribution in [0.3, 0.4) is 0 Å². The Morgan fingerprint density at radius 1 is 0.826 bits per heavy atom. The molecule has 6 nitrogen and oxygen atoms in total. The van der Waals surface area contributed by atoms with Crippen molar-refractivity contribution in [3.05, 3.63) is 94.7 Å². The second kappa shape index (κ2) is 15.1. The number of amides is 1. The van der Waals surface area contributed by atoms with Gasteiger partial charge in [0.25, 0.3) is 0 Å². The number of allylic oxidation sites excluding steroid dienone is 6. The predicted octanol–water partition coefficient (Wildman–Crippen LogP) is 8.43. The minimum atomic E-state index is -0.721. The first-order valence-electron chi connectivity index (χ1n) is 17.0. The topological polar surface area (TPSA) is 72.7 Å². The number of carboxylic acid groups (broad SMARTS) is 1. The number of hydrogen-bond donors (Lipinski definition) is 2. The van der Waals surface area contributed by atoms with Crippen molar-refractivity contribution in [2.75, 3.05) is 25.0 Å². The molecule has 2 aliphatic rings. The molecule has 4 rings (SSSR count). The molecule has 2 N–H and O–H groups in total. The number of fused-ring (bicyclic) bond motifs is 2. The van der Waals surface area contributed by atoms with Crippen LogP contribution >= 0.6 is 0 Å². The van der Waals surface area contributed by atoms with Crippen molar-refractivity contribution >= 4 is 29.0 Å². The standard InChI is InChI=1S/C40H53N3O3/c1-29-21-23-33-31(27-29)39(3,4)35(42(33)25-15-9-13-19-37(44)41-7)17-11-8-12-18-36-40(5,6)32-28-30(2)22-24-34(32)43(36)26-16-10-14-20-38(45)46/h8,11-12,17-18,21-24,27-28H,9-10,13-16,19-20,25-26H2,1-7H3,(H-,41,44,45,46)/p+1. The van der Waals surface area contributed by atoms with Gasteiger partial charge in [0.2, 0.25) is 11.6 Å². The Morgan fingerprint density at radius 3 is 2.22 bits per heavy atom. The zero-order chi connectivity index (χ0) is 33.5. The number of carboxylic acids is 1. The molecule has 0 fully saturated rings. The van der Waals surface area contributed by atoms with Crippen LogP contribution in [-0.2, 0) is 20.4 Å². The fourth-order valence-corrected chi connectivity index (χ4v) is 7.00. The van der Waals surface area contributed by atoms with E-state index in [1.165, 1.54) is 45.0 Å². The first-order valence-corrected chi connectivity index (χ1v) is 17.0. The number of unbranched alkanes of at least 4 members (excludes halogenated alkanes) is 4. The highest BCUT2D eigenvalue weighted by molar-refractivity contribution is 6.03. The van der Waals surface area contributed by atoms with Crippen LogP contribution in [-0.4, -0.2) is 47.4 Å². The van der Waals surface area contributed by atoms with E-state index in [0.717, 1.165) is 45.2 Å². The van der Waals surface area contributed by atoms with Crippen LogP contribution in [0, 0.1) is 13.8 Å². The van der Waals surface area contributed by atoms with Crippen molar-refractivity contribution in [2.45, 2.75) is 104 Å². The van der Waals surface area contributed by atoms with Gasteiger partial charge in [-0.15, -0.1) is 0 Å². The molecule has 1 amide bonds. The number of carbonyl (C=O) groups is 2. The SMILES string of the molecule is CNC(=O)CCCCC[N+]1=C(C=CC=CC=C2N(CCCCCC(=O)O)c3ccc(C)cc3C2(C)C)C(C)(C)c2cc(C)ccc21. The summed E-state index contributed by atoms with van der Waals surface area (Å²) >= 11 is 0. The molecule has 0 saturated heterocycles. The largest absolute Gasteiger partial charge is 0.481 e. The highest BCUT2D eigenvalue weighted by Crippen LogP contribution is 2.48. The number of nitrogens with zero attached hydrogens (tertiary/aromatic N) is 2. The monoisotopic (exact) mass is 624 g/mol. The number of nitrogens with one attached hydrogen (secondary N) is 1. The predicted molar refractivity (Wildman–Crippen MR) is 191 cm³/mol. The van der Waals surface area contributed by atoms with Gasteiger partial charge in [-0.05, 0) is 77.2 Å². The Morgan fingerprint density at radius 2 is 1.50 bits per heavy atom. The summed E-state index contributed by atoms with van der Waals surface area (Å²) in [6.45, 7) is 15.3. The summed E-state index contributed by atoms with van der Waals surface area (Å²) in [7, 11) is 1.70. The molecular weight excluding hydrogens is 570 g/mol. The van der Waals surface area contributed by atoms with Gasteiger partial charge < -0.3 is 15.3 Å². The van der Waals surface area contributed by atoms with Crippen molar-refractivity contribution in [2.24, 2.45) is 0 Å². The molecule has 0 aromatic heterocycles. The number of anilines is 1. The molecule has 46 heavy (non-hydrogen) atoms. The van der Waals surface area contributed by atoms with E-state index in [1.807, 2.05) is 0 Å². The number of hydrogen-bond acceptors (Lipinski definition) is 3. The molecule has 2 aliphatic heterocycles. The van der Waals surface area contributed by atoms with Crippen molar-refractivity contribution < 1.29 is 19.3 Å². The first kappa shape index (κ1) is 34.9. The Labute approximate surface area is 276 Å². The van der Waals surface area contributed by atoms with E-state index in [0.29, 0.717) is 12.8 Å². The summed E-state index contributed by atoms with van der Waals surface area (Å²) in [5.74, 6) is -0.611. The molecule has 6 heteroatoms. The fraction of sp³-hybridized carbons (Fsp3) is 0.475. The third-order valence-corrected chi connectivity index (χ3v) is 9.66. The average molecular weight is 625 g/mol. The number of benzene rings is 2. The van der Waals surface area contributed by atoms with E-state index >= 15 is 0 Å². The lowest BCUT2D eigenvalue weighted by molar-refractivity contribution is -0.438. The normalized spacial score (nSPS) is 17.4. The minimum absolute atomic E-state index is 0.110. The Kier molecular flexibility index (Phi) is 11.5. The van der Waals surface area contributed by atoms with E-state index in [9.17, 15) is 9.59 Å². The molecule has 246 valence electrons. The summed E-state index contributed by atoms with van der Waals surface area (Å²) in [5.41, 5.74) is 10.1. The van der Waals surface area contributed by atoms with Crippen LogP contribution in [0.2, 0.25) is 0 Å². The maximum atomic E-state index is 11.7. The Hall–Kier alpha value is -3.93. The summed E-state index contributed by atoms with van der Waals surface area (Å²) in [4.78, 5) is 25.1. The van der Waals surface area contributed by atoms with Gasteiger partial charge in [0.1, 0.15) is 6.54 Å². The second-order valence-corrected chi connectivity index (χ2v) is 14.0. The summed E-state index contributed by atoms with van der Waals surface area (Å²) in [6, 6.07) is 13.5. The lowest BCUT2D eigenvalue weighted by atomic mass is 9.81. The Bertz CT molecular complexity index is 1560. The van der Waals surface area contributed by atoms with Gasteiger partial charge in [0.15, 0.2) is 5.71 Å². The van der Waals surface area contributed by atoms with Crippen LogP contribution in [0.5, 0.6) is 0 Å². The fourth-order valence-electron chi connectivity index (χ4n) is 7.00. The molecule has 0 unspecified atom stereocenters. The molecule has 2 aromatic carbocycles. The smallest absolute Gasteiger partial charge is 0.303 e. The van der Waals surface area contributed by atoms with E-state index in [-0.39, 0.29) is 23.2 Å². The molecule has 2 heterocycles.